The monoisotopic (exact) mass is 533 g/mol. The zero-order valence-corrected chi connectivity index (χ0v) is 25.1. The quantitative estimate of drug-likeness (QED) is 0.330. The largest absolute Gasteiger partial charge is 1.00 e. The maximum absolute atomic E-state index is 13.1. The van der Waals surface area contributed by atoms with Crippen molar-refractivity contribution in [3.8, 4) is 11.5 Å². The van der Waals surface area contributed by atoms with Gasteiger partial charge in [0.05, 0.1) is 5.69 Å². The number of Topliss-reactive ketones (excluding diaryl/α,β-unsaturated/α-hetero) is 1. The number of rotatable bonds is 12. The smallest absolute Gasteiger partial charge is 0.550 e. The maximum atomic E-state index is 13.1. The standard InChI is InChI=1S/C28H34ClN3O4.Na/c1-16(2)11-21-15-24(30-32(21)4)28-26(18-7-8-18)27(31-36-28)20(9-10-25(34)35)14-22(33)13-19-6-5-17(3)12-23(19)29;/h5-6,12,15-16,18,20H,7-11,13-14H2,1-4H3,(H,34,35);/q;+1/p-1/t20-;/m0./s1. The van der Waals surface area contributed by atoms with Gasteiger partial charge in [-0.25, -0.2) is 0 Å². The van der Waals surface area contributed by atoms with Crippen molar-refractivity contribution in [2.75, 3.05) is 0 Å². The third kappa shape index (κ3) is 7.56. The van der Waals surface area contributed by atoms with Gasteiger partial charge in [0.25, 0.3) is 0 Å². The predicted octanol–water partition coefficient (Wildman–Crippen LogP) is 1.93. The van der Waals surface area contributed by atoms with Crippen molar-refractivity contribution in [2.45, 2.75) is 77.6 Å². The number of carbonyl (C=O) groups is 2. The molecule has 4 rings (SSSR count). The van der Waals surface area contributed by atoms with E-state index in [0.29, 0.717) is 22.4 Å². The number of benzene rings is 1. The number of carboxylic acids is 1. The van der Waals surface area contributed by atoms with Gasteiger partial charge in [-0.3, -0.25) is 9.48 Å². The summed E-state index contributed by atoms with van der Waals surface area (Å²) in [6.07, 6.45) is 3.35. The molecular formula is C28H33ClN3NaO4. The molecule has 0 radical (unpaired) electrons. The van der Waals surface area contributed by atoms with Crippen LogP contribution in [0.1, 0.15) is 85.9 Å². The number of hydrogen-bond donors (Lipinski definition) is 0. The molecule has 192 valence electrons. The number of aliphatic carboxylic acids is 1. The van der Waals surface area contributed by atoms with Crippen LogP contribution in [0.2, 0.25) is 5.02 Å². The summed E-state index contributed by atoms with van der Waals surface area (Å²) in [5.74, 6) is -0.147. The molecule has 1 aliphatic carbocycles. The van der Waals surface area contributed by atoms with Crippen LogP contribution in [0.4, 0.5) is 0 Å². The van der Waals surface area contributed by atoms with E-state index in [-0.39, 0.29) is 72.9 Å². The minimum Gasteiger partial charge on any atom is -0.550 e. The summed E-state index contributed by atoms with van der Waals surface area (Å²) in [4.78, 5) is 24.4. The number of carbonyl (C=O) groups excluding carboxylic acids is 2. The average Bonchev–Trinajstić information content (AvgIpc) is 3.44. The van der Waals surface area contributed by atoms with Crippen molar-refractivity contribution in [3.63, 3.8) is 0 Å². The summed E-state index contributed by atoms with van der Waals surface area (Å²) >= 11 is 6.35. The van der Waals surface area contributed by atoms with E-state index in [9.17, 15) is 14.7 Å². The number of aromatic nitrogens is 3. The molecule has 0 unspecified atom stereocenters. The first kappa shape index (κ1) is 29.6. The van der Waals surface area contributed by atoms with E-state index in [1.165, 1.54) is 0 Å². The number of hydrogen-bond acceptors (Lipinski definition) is 6. The Morgan fingerprint density at radius 2 is 1.97 bits per heavy atom. The third-order valence-electron chi connectivity index (χ3n) is 6.72. The zero-order chi connectivity index (χ0) is 26.0. The van der Waals surface area contributed by atoms with Gasteiger partial charge in [0, 0.05) is 48.1 Å². The van der Waals surface area contributed by atoms with Crippen LogP contribution >= 0.6 is 11.6 Å². The van der Waals surface area contributed by atoms with Crippen LogP contribution in [-0.4, -0.2) is 26.7 Å². The number of nitrogens with zero attached hydrogens (tertiary/aromatic N) is 3. The molecule has 3 aromatic rings. The summed E-state index contributed by atoms with van der Waals surface area (Å²) < 4.78 is 7.73. The number of carboxylic acid groups (broad SMARTS) is 1. The molecule has 1 aliphatic rings. The molecule has 1 aromatic carbocycles. The van der Waals surface area contributed by atoms with Gasteiger partial charge in [0.15, 0.2) is 5.76 Å². The van der Waals surface area contributed by atoms with Gasteiger partial charge in [0.2, 0.25) is 0 Å². The second-order valence-electron chi connectivity index (χ2n) is 10.4. The predicted molar refractivity (Wildman–Crippen MR) is 136 cm³/mol. The Balaban J connectivity index is 0.00000380. The van der Waals surface area contributed by atoms with Crippen LogP contribution in [0, 0.1) is 12.8 Å². The van der Waals surface area contributed by atoms with E-state index in [1.54, 1.807) is 0 Å². The Bertz CT molecular complexity index is 1260. The van der Waals surface area contributed by atoms with Gasteiger partial charge in [-0.15, -0.1) is 0 Å². The van der Waals surface area contributed by atoms with E-state index < -0.39 is 5.97 Å². The first-order valence-corrected chi connectivity index (χ1v) is 13.0. The fourth-order valence-electron chi connectivity index (χ4n) is 4.76. The molecule has 9 heteroatoms. The zero-order valence-electron chi connectivity index (χ0n) is 22.3. The van der Waals surface area contributed by atoms with Crippen LogP contribution in [0.5, 0.6) is 0 Å². The fraction of sp³-hybridized carbons (Fsp3) is 0.500. The van der Waals surface area contributed by atoms with Crippen molar-refractivity contribution < 1.29 is 48.8 Å². The average molecular weight is 534 g/mol. The van der Waals surface area contributed by atoms with Crippen LogP contribution in [0.25, 0.3) is 11.5 Å². The Labute approximate surface area is 245 Å². The minimum atomic E-state index is -1.14. The second-order valence-corrected chi connectivity index (χ2v) is 10.9. The van der Waals surface area contributed by atoms with Crippen LogP contribution in [-0.2, 0) is 29.5 Å². The Hall–Kier alpha value is -1.93. The normalized spacial score (nSPS) is 14.0. The van der Waals surface area contributed by atoms with E-state index in [1.807, 2.05) is 42.9 Å². The van der Waals surface area contributed by atoms with Crippen molar-refractivity contribution in [1.82, 2.24) is 14.9 Å². The van der Waals surface area contributed by atoms with Gasteiger partial charge in [-0.05, 0) is 74.1 Å². The third-order valence-corrected chi connectivity index (χ3v) is 7.07. The molecule has 0 aliphatic heterocycles. The SMILES string of the molecule is Cc1ccc(CC(=O)C[C@H](CCC(=O)[O-])c2noc(-c3cc(CC(C)C)n(C)n3)c2C2CC2)c(Cl)c1.[Na+]. The van der Waals surface area contributed by atoms with E-state index in [4.69, 9.17) is 16.1 Å². The minimum absolute atomic E-state index is 0. The van der Waals surface area contributed by atoms with Gasteiger partial charge in [-0.1, -0.05) is 42.7 Å². The summed E-state index contributed by atoms with van der Waals surface area (Å²) in [5.41, 5.74) is 5.27. The van der Waals surface area contributed by atoms with E-state index in [0.717, 1.165) is 47.3 Å². The number of halogens is 1. The summed E-state index contributed by atoms with van der Waals surface area (Å²) in [5, 5.41) is 21.0. The van der Waals surface area contributed by atoms with Crippen molar-refractivity contribution in [1.29, 1.82) is 0 Å². The van der Waals surface area contributed by atoms with E-state index >= 15 is 0 Å². The molecule has 0 bridgehead atoms. The molecule has 1 atom stereocenters. The Morgan fingerprint density at radius 1 is 1.24 bits per heavy atom. The molecule has 2 aromatic heterocycles. The van der Waals surface area contributed by atoms with Crippen molar-refractivity contribution in [2.24, 2.45) is 13.0 Å². The van der Waals surface area contributed by atoms with Crippen LogP contribution in [0.15, 0.2) is 28.8 Å². The molecule has 7 nitrogen and oxygen atoms in total. The van der Waals surface area contributed by atoms with Crippen molar-refractivity contribution >= 4 is 23.4 Å². The maximum Gasteiger partial charge on any atom is 1.00 e. The molecule has 0 saturated heterocycles. The number of ketones is 1. The topological polar surface area (TPSA) is 101 Å². The molecule has 1 fully saturated rings. The van der Waals surface area contributed by atoms with Gasteiger partial charge < -0.3 is 14.4 Å². The van der Waals surface area contributed by atoms with Gasteiger partial charge >= 0.3 is 29.6 Å². The summed E-state index contributed by atoms with van der Waals surface area (Å²) in [7, 11) is 1.92. The molecule has 0 amide bonds. The Morgan fingerprint density at radius 3 is 2.59 bits per heavy atom. The molecule has 1 saturated carbocycles. The fourth-order valence-corrected chi connectivity index (χ4v) is 5.07. The molecule has 0 spiro atoms. The van der Waals surface area contributed by atoms with Gasteiger partial charge in [0.1, 0.15) is 11.5 Å². The summed E-state index contributed by atoms with van der Waals surface area (Å²) in [6, 6.07) is 7.67. The van der Waals surface area contributed by atoms with Crippen molar-refractivity contribution in [3.05, 3.63) is 57.4 Å². The molecule has 37 heavy (non-hydrogen) atoms. The first-order valence-electron chi connectivity index (χ1n) is 12.6. The van der Waals surface area contributed by atoms with E-state index in [2.05, 4.69) is 24.1 Å². The van der Waals surface area contributed by atoms with Crippen LogP contribution in [0.3, 0.4) is 0 Å². The Kier molecular flexibility index (Phi) is 10.2. The summed E-state index contributed by atoms with van der Waals surface area (Å²) in [6.45, 7) is 6.28. The molecular weight excluding hydrogens is 501 g/mol. The van der Waals surface area contributed by atoms with Gasteiger partial charge in [-0.2, -0.15) is 5.10 Å². The second kappa shape index (κ2) is 12.7. The van der Waals surface area contributed by atoms with Crippen LogP contribution < -0.4 is 34.7 Å². The first-order chi connectivity index (χ1) is 17.1. The molecule has 0 N–H and O–H groups in total. The number of aryl methyl sites for hydroxylation is 2. The molecule has 2 heterocycles.